The van der Waals surface area contributed by atoms with E-state index < -0.39 is 0 Å². The lowest BCUT2D eigenvalue weighted by atomic mass is 9.86. The van der Waals surface area contributed by atoms with E-state index in [1.165, 1.54) is 27.8 Å². The Morgan fingerprint density at radius 1 is 1.11 bits per heavy atom. The van der Waals surface area contributed by atoms with Crippen molar-refractivity contribution in [2.45, 2.75) is 59.3 Å². The molecule has 0 saturated heterocycles. The molecular weight excluding hydrogens is 348 g/mol. The third-order valence-corrected chi connectivity index (χ3v) is 5.17. The van der Waals surface area contributed by atoms with E-state index in [1.54, 1.807) is 0 Å². The van der Waals surface area contributed by atoms with E-state index in [2.05, 4.69) is 57.3 Å². The second-order valence-corrected chi connectivity index (χ2v) is 8.62. The minimum Gasteiger partial charge on any atom is -0.484 e. The molecule has 0 heterocycles. The van der Waals surface area contributed by atoms with Crippen molar-refractivity contribution < 1.29 is 9.53 Å². The molecule has 0 fully saturated rings. The van der Waals surface area contributed by atoms with Gasteiger partial charge in [-0.25, -0.2) is 5.43 Å². The summed E-state index contributed by atoms with van der Waals surface area (Å²) in [5, 5.41) is 4.40. The van der Waals surface area contributed by atoms with E-state index in [0.29, 0.717) is 5.75 Å². The zero-order valence-electron chi connectivity index (χ0n) is 17.6. The van der Waals surface area contributed by atoms with E-state index >= 15 is 0 Å². The van der Waals surface area contributed by atoms with Crippen molar-refractivity contribution >= 4 is 11.6 Å². The lowest BCUT2D eigenvalue weighted by Crippen LogP contribution is -2.27. The van der Waals surface area contributed by atoms with Crippen molar-refractivity contribution in [3.05, 3.63) is 64.2 Å². The van der Waals surface area contributed by atoms with Crippen molar-refractivity contribution in [2.75, 3.05) is 6.61 Å². The van der Waals surface area contributed by atoms with Crippen LogP contribution >= 0.6 is 0 Å². The molecule has 4 nitrogen and oxygen atoms in total. The van der Waals surface area contributed by atoms with Crippen LogP contribution < -0.4 is 10.2 Å². The Labute approximate surface area is 168 Å². The number of aryl methyl sites for hydroxylation is 2. The summed E-state index contributed by atoms with van der Waals surface area (Å²) in [5.74, 6) is 0.439. The van der Waals surface area contributed by atoms with Crippen LogP contribution in [0.25, 0.3) is 0 Å². The maximum absolute atomic E-state index is 12.2. The normalized spacial score (nSPS) is 15.2. The number of hydrazone groups is 1. The Balaban J connectivity index is 1.61. The van der Waals surface area contributed by atoms with Crippen LogP contribution in [0.5, 0.6) is 5.75 Å². The van der Waals surface area contributed by atoms with Crippen molar-refractivity contribution in [3.8, 4) is 5.75 Å². The quantitative estimate of drug-likeness (QED) is 0.774. The molecule has 1 aliphatic carbocycles. The van der Waals surface area contributed by atoms with Gasteiger partial charge in [0, 0.05) is 5.56 Å². The number of fused-ring (bicyclic) bond motifs is 1. The molecule has 0 atom stereocenters. The van der Waals surface area contributed by atoms with Gasteiger partial charge < -0.3 is 4.74 Å². The zero-order chi connectivity index (χ0) is 20.3. The van der Waals surface area contributed by atoms with Gasteiger partial charge in [-0.3, -0.25) is 4.79 Å². The van der Waals surface area contributed by atoms with Crippen molar-refractivity contribution in [1.82, 2.24) is 5.43 Å². The molecule has 1 N–H and O–H groups in total. The van der Waals surface area contributed by atoms with Crippen LogP contribution in [0.4, 0.5) is 0 Å². The number of ether oxygens (including phenoxy) is 1. The molecule has 2 aromatic carbocycles. The molecule has 0 unspecified atom stereocenters. The monoisotopic (exact) mass is 378 g/mol. The van der Waals surface area contributed by atoms with Gasteiger partial charge >= 0.3 is 0 Å². The first-order valence-corrected chi connectivity index (χ1v) is 9.93. The molecule has 0 saturated carbocycles. The maximum atomic E-state index is 12.2. The lowest BCUT2D eigenvalue weighted by Gasteiger charge is -2.20. The number of nitrogens with one attached hydrogen (secondary N) is 1. The molecule has 4 heteroatoms. The highest BCUT2D eigenvalue weighted by atomic mass is 16.5. The van der Waals surface area contributed by atoms with Crippen LogP contribution in [-0.4, -0.2) is 18.2 Å². The molecule has 3 rings (SSSR count). The maximum Gasteiger partial charge on any atom is 0.277 e. The summed E-state index contributed by atoms with van der Waals surface area (Å²) in [6.07, 6.45) is 3.01. The molecule has 0 aliphatic heterocycles. The topological polar surface area (TPSA) is 50.7 Å². The van der Waals surface area contributed by atoms with Gasteiger partial charge in [-0.15, -0.1) is 0 Å². The summed E-state index contributed by atoms with van der Waals surface area (Å²) in [4.78, 5) is 12.2. The summed E-state index contributed by atoms with van der Waals surface area (Å²) in [6.45, 7) is 10.7. The predicted molar refractivity (Wildman–Crippen MR) is 114 cm³/mol. The predicted octanol–water partition coefficient (Wildman–Crippen LogP) is 4.84. The summed E-state index contributed by atoms with van der Waals surface area (Å²) in [7, 11) is 0. The highest BCUT2D eigenvalue weighted by Crippen LogP contribution is 2.26. The second kappa shape index (κ2) is 8.17. The van der Waals surface area contributed by atoms with E-state index in [9.17, 15) is 4.79 Å². The number of hydrogen-bond acceptors (Lipinski definition) is 3. The van der Waals surface area contributed by atoms with E-state index in [1.807, 2.05) is 24.3 Å². The summed E-state index contributed by atoms with van der Waals surface area (Å²) in [5.41, 5.74) is 9.99. The molecule has 0 aromatic heterocycles. The minimum atomic E-state index is -0.246. The number of benzene rings is 2. The van der Waals surface area contributed by atoms with Crippen LogP contribution in [-0.2, 0) is 16.6 Å². The Morgan fingerprint density at radius 2 is 1.82 bits per heavy atom. The fraction of sp³-hybridized carbons (Fsp3) is 0.417. The largest absolute Gasteiger partial charge is 0.484 e. The lowest BCUT2D eigenvalue weighted by molar-refractivity contribution is -0.123. The van der Waals surface area contributed by atoms with E-state index in [4.69, 9.17) is 4.74 Å². The highest BCUT2D eigenvalue weighted by Gasteiger charge is 2.18. The van der Waals surface area contributed by atoms with Gasteiger partial charge in [0.25, 0.3) is 5.91 Å². The molecule has 0 bridgehead atoms. The van der Waals surface area contributed by atoms with Crippen molar-refractivity contribution in [3.63, 3.8) is 0 Å². The zero-order valence-corrected chi connectivity index (χ0v) is 17.6. The fourth-order valence-electron chi connectivity index (χ4n) is 3.63. The van der Waals surface area contributed by atoms with Gasteiger partial charge in [0.2, 0.25) is 0 Å². The number of hydrogen-bond donors (Lipinski definition) is 1. The Bertz CT molecular complexity index is 890. The molecule has 0 radical (unpaired) electrons. The first kappa shape index (κ1) is 20.1. The molecule has 2 aromatic rings. The Kier molecular flexibility index (Phi) is 5.87. The summed E-state index contributed by atoms with van der Waals surface area (Å²) >= 11 is 0. The van der Waals surface area contributed by atoms with Gasteiger partial charge in [0.1, 0.15) is 5.75 Å². The minimum absolute atomic E-state index is 0.0503. The van der Waals surface area contributed by atoms with Crippen molar-refractivity contribution in [2.24, 2.45) is 5.10 Å². The number of carbonyl (C=O) groups excluding carboxylic acids is 1. The average molecular weight is 379 g/mol. The molecule has 28 heavy (non-hydrogen) atoms. The molecule has 148 valence electrons. The van der Waals surface area contributed by atoms with Gasteiger partial charge in [-0.1, -0.05) is 44.5 Å². The van der Waals surface area contributed by atoms with Gasteiger partial charge in [-0.2, -0.15) is 5.10 Å². The third kappa shape index (κ3) is 4.80. The molecule has 1 aliphatic rings. The van der Waals surface area contributed by atoms with Gasteiger partial charge in [0.15, 0.2) is 6.61 Å². The first-order chi connectivity index (χ1) is 13.2. The smallest absolute Gasteiger partial charge is 0.277 e. The number of rotatable bonds is 4. The second-order valence-electron chi connectivity index (χ2n) is 8.62. The summed E-state index contributed by atoms with van der Waals surface area (Å²) < 4.78 is 5.60. The van der Waals surface area contributed by atoms with Gasteiger partial charge in [0.05, 0.1) is 5.71 Å². The number of amides is 1. The first-order valence-electron chi connectivity index (χ1n) is 9.93. The van der Waals surface area contributed by atoms with Crippen LogP contribution in [0, 0.1) is 13.8 Å². The van der Waals surface area contributed by atoms with Gasteiger partial charge in [-0.05, 0) is 73.4 Å². The van der Waals surface area contributed by atoms with Crippen LogP contribution in [0.3, 0.4) is 0 Å². The van der Waals surface area contributed by atoms with Crippen LogP contribution in [0.15, 0.2) is 41.5 Å². The number of nitrogens with zero attached hydrogens (tertiary/aromatic N) is 1. The standard InChI is InChI=1S/C24H30N2O2/c1-16-13-17(2)20-7-6-8-22(21(20)14-16)25-26-23(27)15-28-19-11-9-18(10-12-19)24(3,4)5/h9-14H,6-8,15H2,1-5H3,(H,26,27)/b25-22+. The Hall–Kier alpha value is -2.62. The molecule has 1 amide bonds. The van der Waals surface area contributed by atoms with Crippen molar-refractivity contribution in [1.29, 1.82) is 0 Å². The number of carbonyl (C=O) groups is 1. The van der Waals surface area contributed by atoms with Crippen LogP contribution in [0.2, 0.25) is 0 Å². The highest BCUT2D eigenvalue weighted by molar-refractivity contribution is 6.03. The third-order valence-electron chi connectivity index (χ3n) is 5.17. The van der Waals surface area contributed by atoms with Crippen LogP contribution in [0.1, 0.15) is 61.4 Å². The Morgan fingerprint density at radius 3 is 2.50 bits per heavy atom. The SMILES string of the molecule is Cc1cc(C)c2c(c1)/C(=N/NC(=O)COc1ccc(C(C)(C)C)cc1)CCC2. The average Bonchev–Trinajstić information content (AvgIpc) is 2.64. The van der Waals surface area contributed by atoms with E-state index in [0.717, 1.165) is 25.0 Å². The van der Waals surface area contributed by atoms with E-state index in [-0.39, 0.29) is 17.9 Å². The molecule has 0 spiro atoms. The summed E-state index contributed by atoms with van der Waals surface area (Å²) in [6, 6.07) is 12.3. The molecular formula is C24H30N2O2. The fourth-order valence-corrected chi connectivity index (χ4v) is 3.63.